The summed E-state index contributed by atoms with van der Waals surface area (Å²) in [5, 5.41) is 3.94. The zero-order valence-electron chi connectivity index (χ0n) is 18.8. The summed E-state index contributed by atoms with van der Waals surface area (Å²) in [6.45, 7) is 0. The molecule has 7 nitrogen and oxygen atoms in total. The molecule has 2 aromatic heterocycles. The molecule has 1 aliphatic rings. The number of amides is 1. The predicted molar refractivity (Wildman–Crippen MR) is 130 cm³/mol. The van der Waals surface area contributed by atoms with Crippen molar-refractivity contribution in [3.8, 4) is 28.6 Å². The average Bonchev–Trinajstić information content (AvgIpc) is 3.43. The number of nitrogens with one attached hydrogen (secondary N) is 2. The number of thiophene rings is 1. The van der Waals surface area contributed by atoms with Crippen molar-refractivity contribution in [2.75, 3.05) is 26.6 Å². The van der Waals surface area contributed by atoms with E-state index >= 15 is 0 Å². The number of nitrogens with zero attached hydrogens (tertiary/aromatic N) is 1. The van der Waals surface area contributed by atoms with Gasteiger partial charge < -0.3 is 24.5 Å². The molecule has 0 atom stereocenters. The highest BCUT2D eigenvalue weighted by Gasteiger charge is 2.26. The molecule has 0 spiro atoms. The van der Waals surface area contributed by atoms with Crippen LogP contribution in [0.3, 0.4) is 0 Å². The number of hydrogen-bond donors (Lipinski definition) is 2. The van der Waals surface area contributed by atoms with E-state index in [4.69, 9.17) is 19.2 Å². The number of fused-ring (bicyclic) bond motifs is 2. The summed E-state index contributed by atoms with van der Waals surface area (Å²) >= 11 is 1.64. The second-order valence-corrected chi connectivity index (χ2v) is 8.99. The minimum atomic E-state index is -0.245. The van der Waals surface area contributed by atoms with Crippen molar-refractivity contribution >= 4 is 33.3 Å². The Morgan fingerprint density at radius 2 is 1.76 bits per heavy atom. The summed E-state index contributed by atoms with van der Waals surface area (Å²) in [7, 11) is 4.61. The lowest BCUT2D eigenvalue weighted by atomic mass is 9.95. The molecule has 5 rings (SSSR count). The molecule has 0 unspecified atom stereocenters. The first-order valence-electron chi connectivity index (χ1n) is 10.8. The molecule has 0 saturated heterocycles. The molecule has 1 aliphatic carbocycles. The molecular formula is C25H25N3O4S. The predicted octanol–water partition coefficient (Wildman–Crippen LogP) is 5.45. The van der Waals surface area contributed by atoms with Gasteiger partial charge in [-0.2, -0.15) is 0 Å². The lowest BCUT2D eigenvalue weighted by Gasteiger charge is -2.14. The van der Waals surface area contributed by atoms with E-state index in [1.165, 1.54) is 31.8 Å². The fourth-order valence-corrected chi connectivity index (χ4v) is 5.65. The van der Waals surface area contributed by atoms with Gasteiger partial charge in [0.15, 0.2) is 11.5 Å². The zero-order chi connectivity index (χ0) is 22.9. The SMILES string of the molecule is COc1cc(C(=O)Nc2sc3c(c2-c2nc4ccccc4[nH]2)CCCC3)cc(OC)c1OC. The fraction of sp³-hybridized carbons (Fsp3) is 0.280. The van der Waals surface area contributed by atoms with Crippen LogP contribution in [0.15, 0.2) is 36.4 Å². The summed E-state index contributed by atoms with van der Waals surface area (Å²) in [4.78, 5) is 22.9. The number of carbonyl (C=O) groups excluding carboxylic acids is 1. The molecule has 0 bridgehead atoms. The Morgan fingerprint density at radius 1 is 1.03 bits per heavy atom. The van der Waals surface area contributed by atoms with Gasteiger partial charge in [-0.3, -0.25) is 4.79 Å². The summed E-state index contributed by atoms with van der Waals surface area (Å²) in [6, 6.07) is 11.3. The van der Waals surface area contributed by atoms with Crippen LogP contribution in [0.25, 0.3) is 22.4 Å². The molecule has 0 radical (unpaired) electrons. The summed E-state index contributed by atoms with van der Waals surface area (Å²) in [6.07, 6.45) is 4.30. The second kappa shape index (κ2) is 8.78. The van der Waals surface area contributed by atoms with Gasteiger partial charge in [0.25, 0.3) is 5.91 Å². The van der Waals surface area contributed by atoms with Crippen LogP contribution in [-0.2, 0) is 12.8 Å². The molecule has 0 aliphatic heterocycles. The van der Waals surface area contributed by atoms with E-state index in [1.54, 1.807) is 23.5 Å². The highest BCUT2D eigenvalue weighted by atomic mass is 32.1. The maximum atomic E-state index is 13.3. The first kappa shape index (κ1) is 21.3. The van der Waals surface area contributed by atoms with Crippen molar-refractivity contribution in [3.63, 3.8) is 0 Å². The number of rotatable bonds is 6. The minimum Gasteiger partial charge on any atom is -0.493 e. The van der Waals surface area contributed by atoms with E-state index in [-0.39, 0.29) is 5.91 Å². The number of methoxy groups -OCH3 is 3. The van der Waals surface area contributed by atoms with Gasteiger partial charge in [0.1, 0.15) is 10.8 Å². The highest BCUT2D eigenvalue weighted by molar-refractivity contribution is 7.17. The normalized spacial score (nSPS) is 12.9. The number of aryl methyl sites for hydroxylation is 1. The largest absolute Gasteiger partial charge is 0.493 e. The number of aromatic amines is 1. The number of H-pyrrole nitrogens is 1. The van der Waals surface area contributed by atoms with E-state index < -0.39 is 0 Å². The summed E-state index contributed by atoms with van der Waals surface area (Å²) in [5.41, 5.74) is 4.58. The van der Waals surface area contributed by atoms with Gasteiger partial charge >= 0.3 is 0 Å². The van der Waals surface area contributed by atoms with Crippen molar-refractivity contribution in [2.24, 2.45) is 0 Å². The average molecular weight is 464 g/mol. The number of hydrogen-bond acceptors (Lipinski definition) is 6. The maximum Gasteiger partial charge on any atom is 0.256 e. The van der Waals surface area contributed by atoms with Crippen LogP contribution in [0.2, 0.25) is 0 Å². The van der Waals surface area contributed by atoms with Gasteiger partial charge in [-0.15, -0.1) is 11.3 Å². The number of imidazole rings is 1. The number of ether oxygens (including phenoxy) is 3. The summed E-state index contributed by atoms with van der Waals surface area (Å²) < 4.78 is 16.2. The Kier molecular flexibility index (Phi) is 5.68. The third kappa shape index (κ3) is 3.80. The Hall–Kier alpha value is -3.52. The molecule has 0 saturated carbocycles. The maximum absolute atomic E-state index is 13.3. The molecule has 2 heterocycles. The van der Waals surface area contributed by atoms with Gasteiger partial charge in [-0.25, -0.2) is 4.98 Å². The smallest absolute Gasteiger partial charge is 0.256 e. The third-order valence-electron chi connectivity index (χ3n) is 5.95. The Morgan fingerprint density at radius 3 is 2.45 bits per heavy atom. The van der Waals surface area contributed by atoms with Crippen LogP contribution in [0, 0.1) is 0 Å². The van der Waals surface area contributed by atoms with Crippen LogP contribution in [0.4, 0.5) is 5.00 Å². The number of aromatic nitrogens is 2. The molecule has 0 fully saturated rings. The highest BCUT2D eigenvalue weighted by Crippen LogP contribution is 2.44. The number of carbonyl (C=O) groups is 1. The lowest BCUT2D eigenvalue weighted by Crippen LogP contribution is -2.12. The van der Waals surface area contributed by atoms with Crippen molar-refractivity contribution < 1.29 is 19.0 Å². The molecule has 8 heteroatoms. The first-order valence-corrected chi connectivity index (χ1v) is 11.7. The topological polar surface area (TPSA) is 85.5 Å². The molecule has 4 aromatic rings. The van der Waals surface area contributed by atoms with Crippen LogP contribution in [-0.4, -0.2) is 37.2 Å². The Bertz CT molecular complexity index is 1280. The molecule has 1 amide bonds. The molecule has 2 N–H and O–H groups in total. The Labute approximate surface area is 195 Å². The first-order chi connectivity index (χ1) is 16.1. The van der Waals surface area contributed by atoms with Gasteiger partial charge in [0.2, 0.25) is 5.75 Å². The van der Waals surface area contributed by atoms with Crippen molar-refractivity contribution in [2.45, 2.75) is 25.7 Å². The number of para-hydroxylation sites is 2. The second-order valence-electron chi connectivity index (χ2n) is 7.89. The molecular weight excluding hydrogens is 438 g/mol. The Balaban J connectivity index is 1.56. The fourth-order valence-electron chi connectivity index (χ4n) is 4.36. The number of benzene rings is 2. The zero-order valence-corrected chi connectivity index (χ0v) is 19.6. The minimum absolute atomic E-state index is 0.245. The van der Waals surface area contributed by atoms with Crippen molar-refractivity contribution in [3.05, 3.63) is 52.4 Å². The quantitative estimate of drug-likeness (QED) is 0.397. The molecule has 170 valence electrons. The van der Waals surface area contributed by atoms with E-state index in [0.717, 1.165) is 53.1 Å². The van der Waals surface area contributed by atoms with Crippen LogP contribution < -0.4 is 19.5 Å². The standard InChI is InChI=1S/C25H25N3O4S/c1-30-18-12-14(13-19(31-2)22(18)32-3)24(29)28-25-21(15-8-4-7-11-20(15)33-25)23-26-16-9-5-6-10-17(16)27-23/h5-6,9-10,12-13H,4,7-8,11H2,1-3H3,(H,26,27)(H,28,29). The van der Waals surface area contributed by atoms with Crippen molar-refractivity contribution in [1.82, 2.24) is 9.97 Å². The van der Waals surface area contributed by atoms with Gasteiger partial charge in [-0.05, 0) is 55.5 Å². The van der Waals surface area contributed by atoms with E-state index in [0.29, 0.717) is 22.8 Å². The van der Waals surface area contributed by atoms with E-state index in [2.05, 4.69) is 10.3 Å². The van der Waals surface area contributed by atoms with Gasteiger partial charge in [0, 0.05) is 10.4 Å². The van der Waals surface area contributed by atoms with Crippen LogP contribution in [0.5, 0.6) is 17.2 Å². The van der Waals surface area contributed by atoms with Crippen molar-refractivity contribution in [1.29, 1.82) is 0 Å². The molecule has 2 aromatic carbocycles. The molecule has 33 heavy (non-hydrogen) atoms. The summed E-state index contributed by atoms with van der Waals surface area (Å²) in [5.74, 6) is 1.86. The monoisotopic (exact) mass is 463 g/mol. The van der Waals surface area contributed by atoms with E-state index in [9.17, 15) is 4.79 Å². The number of anilines is 1. The van der Waals surface area contributed by atoms with Gasteiger partial charge in [-0.1, -0.05) is 12.1 Å². The van der Waals surface area contributed by atoms with Crippen LogP contribution >= 0.6 is 11.3 Å². The third-order valence-corrected chi connectivity index (χ3v) is 7.16. The lowest BCUT2D eigenvalue weighted by molar-refractivity contribution is 0.102. The van der Waals surface area contributed by atoms with Crippen LogP contribution in [0.1, 0.15) is 33.6 Å². The van der Waals surface area contributed by atoms with E-state index in [1.807, 2.05) is 24.3 Å². The van der Waals surface area contributed by atoms with Gasteiger partial charge in [0.05, 0.1) is 37.9 Å².